The first-order valence-electron chi connectivity index (χ1n) is 4.22. The molecule has 0 spiro atoms. The van der Waals surface area contributed by atoms with E-state index in [1.165, 1.54) is 6.20 Å². The molecule has 1 rings (SSSR count). The van der Waals surface area contributed by atoms with Crippen molar-refractivity contribution < 1.29 is 37.1 Å². The number of aryl methyl sites for hydroxylation is 1. The maximum absolute atomic E-state index is 10.5. The summed E-state index contributed by atoms with van der Waals surface area (Å²) in [5, 5.41) is 18.1. The van der Waals surface area contributed by atoms with Crippen LogP contribution in [0.15, 0.2) is 6.20 Å². The Kier molecular flexibility index (Phi) is 9.39. The van der Waals surface area contributed by atoms with E-state index in [9.17, 15) is 9.90 Å². The van der Waals surface area contributed by atoms with Gasteiger partial charge in [0, 0.05) is 11.8 Å². The summed E-state index contributed by atoms with van der Waals surface area (Å²) < 4.78 is 8.88. The molecular weight excluding hydrogens is 277 g/mol. The first-order valence-corrected chi connectivity index (χ1v) is 5.79. The van der Waals surface area contributed by atoms with Crippen LogP contribution in [-0.4, -0.2) is 59.2 Å². The molecule has 1 heterocycles. The van der Waals surface area contributed by atoms with E-state index in [0.29, 0.717) is 17.5 Å². The van der Waals surface area contributed by atoms with Crippen LogP contribution in [-0.2, 0) is 11.2 Å². The second kappa shape index (κ2) is 8.54. The number of aromatic hydroxyl groups is 1. The second-order valence-corrected chi connectivity index (χ2v) is 3.95. The minimum Gasteiger partial charge on any atom is -1.00 e. The van der Waals surface area contributed by atoms with Gasteiger partial charge in [-0.2, -0.15) is 0 Å². The SMILES string of the molecule is Cc1ncc(CO)c(C=O)c1O.O=P(O)(O)O.[H-].[H-].[Mg+2]. The van der Waals surface area contributed by atoms with Crippen LogP contribution in [0.25, 0.3) is 0 Å². The van der Waals surface area contributed by atoms with Crippen molar-refractivity contribution in [1.82, 2.24) is 4.98 Å². The van der Waals surface area contributed by atoms with Gasteiger partial charge in [0.2, 0.25) is 0 Å². The molecular formula is C8H14MgNO7P. The van der Waals surface area contributed by atoms with Gasteiger partial charge in [0.15, 0.2) is 6.29 Å². The number of aldehydes is 1. The number of aromatic nitrogens is 1. The number of carbonyl (C=O) groups excluding carboxylic acids is 1. The summed E-state index contributed by atoms with van der Waals surface area (Å²) in [6.07, 6.45) is 1.88. The fraction of sp³-hybridized carbons (Fsp3) is 0.250. The van der Waals surface area contributed by atoms with E-state index in [0.717, 1.165) is 0 Å². The van der Waals surface area contributed by atoms with Crippen molar-refractivity contribution in [2.75, 3.05) is 0 Å². The van der Waals surface area contributed by atoms with Crippen LogP contribution >= 0.6 is 7.82 Å². The first-order chi connectivity index (χ1) is 7.70. The number of hydrogen-bond donors (Lipinski definition) is 5. The van der Waals surface area contributed by atoms with Gasteiger partial charge in [0.05, 0.1) is 17.9 Å². The van der Waals surface area contributed by atoms with Crippen molar-refractivity contribution in [3.8, 4) is 5.75 Å². The second-order valence-electron chi connectivity index (χ2n) is 2.92. The summed E-state index contributed by atoms with van der Waals surface area (Å²) >= 11 is 0. The number of hydrogen-bond acceptors (Lipinski definition) is 5. The van der Waals surface area contributed by atoms with Crippen LogP contribution in [0.2, 0.25) is 0 Å². The predicted molar refractivity (Wildman–Crippen MR) is 64.2 cm³/mol. The van der Waals surface area contributed by atoms with E-state index >= 15 is 0 Å². The molecule has 0 fully saturated rings. The Morgan fingerprint density at radius 2 is 1.89 bits per heavy atom. The molecule has 0 saturated carbocycles. The molecule has 1 aromatic rings. The van der Waals surface area contributed by atoms with Crippen LogP contribution in [0, 0.1) is 6.92 Å². The number of nitrogens with zero attached hydrogens (tertiary/aromatic N) is 1. The number of rotatable bonds is 2. The fourth-order valence-corrected chi connectivity index (χ4v) is 0.910. The van der Waals surface area contributed by atoms with Crippen LogP contribution in [0.5, 0.6) is 5.75 Å². The molecule has 0 radical (unpaired) electrons. The normalized spacial score (nSPS) is 9.83. The third-order valence-corrected chi connectivity index (χ3v) is 1.65. The Hall–Kier alpha value is -0.544. The quantitative estimate of drug-likeness (QED) is 0.273. The third kappa shape index (κ3) is 7.72. The van der Waals surface area contributed by atoms with Crippen LogP contribution in [0.4, 0.5) is 0 Å². The van der Waals surface area contributed by atoms with Crippen molar-refractivity contribution in [3.05, 3.63) is 23.0 Å². The standard InChI is InChI=1S/C8H9NO3.Mg.H3O4P.2H/c1-5-8(12)7(4-11)6(3-10)2-9-5;;1-5(2,3)4;;/h2,4,10,12H,3H2,1H3;;(H3,1,2,3,4);;/q;+2;;2*-1. The maximum Gasteiger partial charge on any atom is 2.00 e. The van der Waals surface area contributed by atoms with E-state index in [-0.39, 0.29) is 43.8 Å². The fourth-order valence-electron chi connectivity index (χ4n) is 0.910. The molecule has 1 aromatic heterocycles. The first kappa shape index (κ1) is 19.8. The summed E-state index contributed by atoms with van der Waals surface area (Å²) in [4.78, 5) is 35.8. The molecule has 0 amide bonds. The maximum atomic E-state index is 10.5. The van der Waals surface area contributed by atoms with E-state index in [4.69, 9.17) is 24.4 Å². The Bertz CT molecular complexity index is 448. The Morgan fingerprint density at radius 1 is 1.44 bits per heavy atom. The summed E-state index contributed by atoms with van der Waals surface area (Å²) in [5.41, 5.74) is 0.840. The molecule has 10 heteroatoms. The summed E-state index contributed by atoms with van der Waals surface area (Å²) in [6.45, 7) is 1.29. The van der Waals surface area contributed by atoms with Gasteiger partial charge in [-0.05, 0) is 6.92 Å². The van der Waals surface area contributed by atoms with Gasteiger partial charge in [-0.15, -0.1) is 0 Å². The molecule has 0 atom stereocenters. The van der Waals surface area contributed by atoms with Crippen molar-refractivity contribution in [2.24, 2.45) is 0 Å². The van der Waals surface area contributed by atoms with Gasteiger partial charge in [0.25, 0.3) is 0 Å². The largest absolute Gasteiger partial charge is 2.00 e. The van der Waals surface area contributed by atoms with Gasteiger partial charge >= 0.3 is 30.9 Å². The zero-order valence-electron chi connectivity index (χ0n) is 11.5. The van der Waals surface area contributed by atoms with Crippen molar-refractivity contribution in [2.45, 2.75) is 13.5 Å². The van der Waals surface area contributed by atoms with Crippen LogP contribution < -0.4 is 0 Å². The number of phosphoric acid groups is 1. The Morgan fingerprint density at radius 3 is 2.22 bits per heavy atom. The molecule has 18 heavy (non-hydrogen) atoms. The van der Waals surface area contributed by atoms with E-state index in [2.05, 4.69) is 4.98 Å². The van der Waals surface area contributed by atoms with Gasteiger partial charge in [-0.3, -0.25) is 9.78 Å². The number of aliphatic hydroxyl groups is 1. The molecule has 0 unspecified atom stereocenters. The average molecular weight is 291 g/mol. The minimum atomic E-state index is -4.64. The number of carbonyl (C=O) groups is 1. The smallest absolute Gasteiger partial charge is 1.00 e. The molecule has 5 N–H and O–H groups in total. The zero-order chi connectivity index (χ0) is 13.6. The topological polar surface area (TPSA) is 148 Å². The van der Waals surface area contributed by atoms with Crippen molar-refractivity contribution in [3.63, 3.8) is 0 Å². The summed E-state index contributed by atoms with van der Waals surface area (Å²) in [5.74, 6) is -0.156. The van der Waals surface area contributed by atoms with E-state index in [1.54, 1.807) is 6.92 Å². The van der Waals surface area contributed by atoms with Gasteiger partial charge in [-0.1, -0.05) is 0 Å². The molecule has 8 nitrogen and oxygen atoms in total. The van der Waals surface area contributed by atoms with Gasteiger partial charge < -0.3 is 27.7 Å². The number of aliphatic hydroxyl groups excluding tert-OH is 1. The van der Waals surface area contributed by atoms with Crippen LogP contribution in [0.3, 0.4) is 0 Å². The summed E-state index contributed by atoms with van der Waals surface area (Å²) in [7, 11) is -4.64. The Balaban J connectivity index is -0.000000141. The summed E-state index contributed by atoms with van der Waals surface area (Å²) in [6, 6.07) is 0. The van der Waals surface area contributed by atoms with Gasteiger partial charge in [0.1, 0.15) is 5.75 Å². The van der Waals surface area contributed by atoms with Crippen molar-refractivity contribution >= 4 is 37.2 Å². The van der Waals surface area contributed by atoms with E-state index in [1.807, 2.05) is 0 Å². The zero-order valence-corrected chi connectivity index (χ0v) is 11.8. The molecule has 0 bridgehead atoms. The predicted octanol–water partition coefficient (Wildman–Crippen LogP) is -0.684. The number of pyridine rings is 1. The molecule has 0 aliphatic rings. The van der Waals surface area contributed by atoms with E-state index < -0.39 is 7.82 Å². The van der Waals surface area contributed by atoms with Crippen molar-refractivity contribution in [1.29, 1.82) is 0 Å². The minimum absolute atomic E-state index is 0. The van der Waals surface area contributed by atoms with Crippen LogP contribution in [0.1, 0.15) is 24.5 Å². The molecule has 0 aliphatic carbocycles. The monoisotopic (exact) mass is 291 g/mol. The third-order valence-electron chi connectivity index (χ3n) is 1.65. The molecule has 0 aliphatic heterocycles. The molecule has 0 aromatic carbocycles. The average Bonchev–Trinajstić information content (AvgIpc) is 2.19. The molecule has 0 saturated heterocycles. The Labute approximate surface area is 122 Å². The van der Waals surface area contributed by atoms with Gasteiger partial charge in [-0.25, -0.2) is 4.57 Å². The molecule has 100 valence electrons.